The van der Waals surface area contributed by atoms with Crippen LogP contribution >= 0.6 is 0 Å². The Morgan fingerprint density at radius 2 is 1.48 bits per heavy atom. The summed E-state index contributed by atoms with van der Waals surface area (Å²) in [7, 11) is 1.81. The predicted octanol–water partition coefficient (Wildman–Crippen LogP) is 4.28. The van der Waals surface area contributed by atoms with Crippen molar-refractivity contribution in [2.45, 2.75) is 26.2 Å². The molecule has 0 bridgehead atoms. The summed E-state index contributed by atoms with van der Waals surface area (Å²) in [6.07, 6.45) is 0. The molecule has 0 aliphatic heterocycles. The van der Waals surface area contributed by atoms with E-state index < -0.39 is 0 Å². The van der Waals surface area contributed by atoms with Crippen molar-refractivity contribution in [3.63, 3.8) is 0 Å². The standard InChI is InChI=1S/C18H22N2O/c1-18(2,3)14-10-6-8-12-16(14)20-17(21)13-9-5-7-11-15(13)19-4/h5-12,19H,1-4H3,(H,20,21). The number of rotatable bonds is 3. The summed E-state index contributed by atoms with van der Waals surface area (Å²) in [5, 5.41) is 6.08. The van der Waals surface area contributed by atoms with E-state index in [9.17, 15) is 4.79 Å². The minimum absolute atomic E-state index is 0.0214. The van der Waals surface area contributed by atoms with Crippen LogP contribution in [0.1, 0.15) is 36.7 Å². The van der Waals surface area contributed by atoms with Crippen molar-refractivity contribution in [2.75, 3.05) is 17.7 Å². The summed E-state index contributed by atoms with van der Waals surface area (Å²) in [4.78, 5) is 12.5. The van der Waals surface area contributed by atoms with Crippen LogP contribution in [-0.2, 0) is 5.41 Å². The molecule has 2 rings (SSSR count). The van der Waals surface area contributed by atoms with Crippen molar-refractivity contribution in [1.29, 1.82) is 0 Å². The first-order valence-corrected chi connectivity index (χ1v) is 7.11. The first kappa shape index (κ1) is 15.1. The predicted molar refractivity (Wildman–Crippen MR) is 89.1 cm³/mol. The molecule has 0 heterocycles. The average molecular weight is 282 g/mol. The maximum Gasteiger partial charge on any atom is 0.257 e. The molecule has 0 spiro atoms. The van der Waals surface area contributed by atoms with Crippen molar-refractivity contribution in [1.82, 2.24) is 0 Å². The Kier molecular flexibility index (Phi) is 4.32. The van der Waals surface area contributed by atoms with E-state index in [1.165, 1.54) is 0 Å². The third-order valence-electron chi connectivity index (χ3n) is 3.42. The van der Waals surface area contributed by atoms with E-state index >= 15 is 0 Å². The molecule has 0 aliphatic carbocycles. The van der Waals surface area contributed by atoms with Gasteiger partial charge in [0, 0.05) is 18.4 Å². The number of carbonyl (C=O) groups is 1. The van der Waals surface area contributed by atoms with E-state index in [4.69, 9.17) is 0 Å². The van der Waals surface area contributed by atoms with Gasteiger partial charge in [0.2, 0.25) is 0 Å². The Bertz CT molecular complexity index is 642. The highest BCUT2D eigenvalue weighted by Gasteiger charge is 2.19. The van der Waals surface area contributed by atoms with Crippen LogP contribution in [0.2, 0.25) is 0 Å². The molecule has 0 atom stereocenters. The second-order valence-corrected chi connectivity index (χ2v) is 6.05. The number of amides is 1. The maximum atomic E-state index is 12.5. The number of para-hydroxylation sites is 2. The van der Waals surface area contributed by atoms with Gasteiger partial charge in [-0.3, -0.25) is 4.79 Å². The molecular weight excluding hydrogens is 260 g/mol. The van der Waals surface area contributed by atoms with Crippen molar-refractivity contribution in [3.8, 4) is 0 Å². The maximum absolute atomic E-state index is 12.5. The SMILES string of the molecule is CNc1ccccc1C(=O)Nc1ccccc1C(C)(C)C. The van der Waals surface area contributed by atoms with E-state index in [-0.39, 0.29) is 11.3 Å². The van der Waals surface area contributed by atoms with Crippen LogP contribution in [-0.4, -0.2) is 13.0 Å². The number of nitrogens with one attached hydrogen (secondary N) is 2. The van der Waals surface area contributed by atoms with Crippen molar-refractivity contribution >= 4 is 17.3 Å². The zero-order valence-electron chi connectivity index (χ0n) is 13.0. The Hall–Kier alpha value is -2.29. The van der Waals surface area contributed by atoms with Gasteiger partial charge in [0.1, 0.15) is 0 Å². The van der Waals surface area contributed by atoms with E-state index in [0.29, 0.717) is 5.56 Å². The molecule has 0 aliphatic rings. The molecule has 2 aromatic carbocycles. The Morgan fingerprint density at radius 1 is 0.905 bits per heavy atom. The molecule has 21 heavy (non-hydrogen) atoms. The summed E-state index contributed by atoms with van der Waals surface area (Å²) in [6.45, 7) is 6.42. The molecule has 2 aromatic rings. The van der Waals surface area contributed by atoms with Crippen molar-refractivity contribution < 1.29 is 4.79 Å². The highest BCUT2D eigenvalue weighted by molar-refractivity contribution is 6.08. The monoisotopic (exact) mass is 282 g/mol. The lowest BCUT2D eigenvalue weighted by Gasteiger charge is -2.23. The van der Waals surface area contributed by atoms with Crippen LogP contribution in [0, 0.1) is 0 Å². The Balaban J connectivity index is 2.33. The highest BCUT2D eigenvalue weighted by Crippen LogP contribution is 2.29. The summed E-state index contributed by atoms with van der Waals surface area (Å²) in [5.41, 5.74) is 3.43. The highest BCUT2D eigenvalue weighted by atomic mass is 16.1. The lowest BCUT2D eigenvalue weighted by Crippen LogP contribution is -2.19. The number of anilines is 2. The van der Waals surface area contributed by atoms with Crippen molar-refractivity contribution in [2.24, 2.45) is 0 Å². The summed E-state index contributed by atoms with van der Waals surface area (Å²) in [6, 6.07) is 15.4. The van der Waals surface area contributed by atoms with Gasteiger partial charge in [-0.1, -0.05) is 51.1 Å². The summed E-state index contributed by atoms with van der Waals surface area (Å²) in [5.74, 6) is -0.100. The van der Waals surface area contributed by atoms with E-state index in [1.54, 1.807) is 0 Å². The largest absolute Gasteiger partial charge is 0.387 e. The number of carbonyl (C=O) groups excluding carboxylic acids is 1. The van der Waals surface area contributed by atoms with Gasteiger partial charge in [0.15, 0.2) is 0 Å². The second-order valence-electron chi connectivity index (χ2n) is 6.05. The Labute approximate surface area is 126 Å². The minimum atomic E-state index is -0.100. The quantitative estimate of drug-likeness (QED) is 0.882. The van der Waals surface area contributed by atoms with E-state index in [0.717, 1.165) is 16.9 Å². The molecule has 0 aromatic heterocycles. The fourth-order valence-corrected chi connectivity index (χ4v) is 2.33. The molecule has 0 radical (unpaired) electrons. The Morgan fingerprint density at radius 3 is 2.10 bits per heavy atom. The summed E-state index contributed by atoms with van der Waals surface area (Å²) < 4.78 is 0. The molecule has 110 valence electrons. The molecule has 0 unspecified atom stereocenters. The zero-order valence-corrected chi connectivity index (χ0v) is 13.0. The molecular formula is C18H22N2O. The minimum Gasteiger partial charge on any atom is -0.387 e. The first-order chi connectivity index (χ1) is 9.93. The van der Waals surface area contributed by atoms with E-state index in [2.05, 4.69) is 37.5 Å². The van der Waals surface area contributed by atoms with Gasteiger partial charge in [-0.2, -0.15) is 0 Å². The molecule has 0 saturated carbocycles. The lowest BCUT2D eigenvalue weighted by atomic mass is 9.86. The van der Waals surface area contributed by atoms with Crippen LogP contribution in [0.3, 0.4) is 0 Å². The molecule has 3 heteroatoms. The van der Waals surface area contributed by atoms with Crippen LogP contribution in [0.5, 0.6) is 0 Å². The van der Waals surface area contributed by atoms with Gasteiger partial charge < -0.3 is 10.6 Å². The van der Waals surface area contributed by atoms with Gasteiger partial charge in [-0.05, 0) is 29.2 Å². The molecule has 0 saturated heterocycles. The third kappa shape index (κ3) is 3.43. The third-order valence-corrected chi connectivity index (χ3v) is 3.42. The fraction of sp³-hybridized carbons (Fsp3) is 0.278. The first-order valence-electron chi connectivity index (χ1n) is 7.11. The fourth-order valence-electron chi connectivity index (χ4n) is 2.33. The second kappa shape index (κ2) is 6.00. The zero-order chi connectivity index (χ0) is 15.5. The van der Waals surface area contributed by atoms with Gasteiger partial charge in [-0.15, -0.1) is 0 Å². The topological polar surface area (TPSA) is 41.1 Å². The van der Waals surface area contributed by atoms with Gasteiger partial charge in [0.05, 0.1) is 5.56 Å². The van der Waals surface area contributed by atoms with E-state index in [1.807, 2.05) is 49.5 Å². The smallest absolute Gasteiger partial charge is 0.257 e. The number of hydrogen-bond acceptors (Lipinski definition) is 2. The average Bonchev–Trinajstić information content (AvgIpc) is 2.46. The van der Waals surface area contributed by atoms with Crippen LogP contribution < -0.4 is 10.6 Å². The molecule has 2 N–H and O–H groups in total. The van der Waals surface area contributed by atoms with Gasteiger partial charge >= 0.3 is 0 Å². The normalized spacial score (nSPS) is 11.0. The lowest BCUT2D eigenvalue weighted by molar-refractivity contribution is 0.102. The van der Waals surface area contributed by atoms with Crippen molar-refractivity contribution in [3.05, 3.63) is 59.7 Å². The van der Waals surface area contributed by atoms with Gasteiger partial charge in [-0.25, -0.2) is 0 Å². The van der Waals surface area contributed by atoms with Gasteiger partial charge in [0.25, 0.3) is 5.91 Å². The van der Waals surface area contributed by atoms with Crippen LogP contribution in [0.15, 0.2) is 48.5 Å². The van der Waals surface area contributed by atoms with Crippen LogP contribution in [0.25, 0.3) is 0 Å². The number of hydrogen-bond donors (Lipinski definition) is 2. The van der Waals surface area contributed by atoms with Crippen LogP contribution in [0.4, 0.5) is 11.4 Å². The molecule has 0 fully saturated rings. The number of benzene rings is 2. The summed E-state index contributed by atoms with van der Waals surface area (Å²) >= 11 is 0. The molecule has 1 amide bonds. The molecule has 3 nitrogen and oxygen atoms in total.